The number of nitrogens with one attached hydrogen (secondary N) is 1. The highest BCUT2D eigenvalue weighted by Crippen LogP contribution is 2.41. The predicted octanol–water partition coefficient (Wildman–Crippen LogP) is 5.22. The Labute approximate surface area is 189 Å². The summed E-state index contributed by atoms with van der Waals surface area (Å²) in [6, 6.07) is 16.8. The van der Waals surface area contributed by atoms with E-state index in [1.807, 2.05) is 24.3 Å². The molecule has 0 aliphatic carbocycles. The predicted molar refractivity (Wildman–Crippen MR) is 124 cm³/mol. The van der Waals surface area contributed by atoms with Gasteiger partial charge in [-0.05, 0) is 54.6 Å². The normalized spacial score (nSPS) is 12.6. The molecule has 4 aromatic rings. The minimum absolute atomic E-state index is 0.195. The van der Waals surface area contributed by atoms with Crippen LogP contribution in [-0.2, 0) is 4.79 Å². The third-order valence-corrected chi connectivity index (χ3v) is 5.18. The Morgan fingerprint density at radius 2 is 1.97 bits per heavy atom. The molecule has 0 bridgehead atoms. The number of hydrogen-bond donors (Lipinski definition) is 1. The Morgan fingerprint density at radius 1 is 1.12 bits per heavy atom. The first-order valence-corrected chi connectivity index (χ1v) is 10.3. The van der Waals surface area contributed by atoms with Gasteiger partial charge in [-0.1, -0.05) is 12.6 Å². The first-order chi connectivity index (χ1) is 16.1. The number of aromatic nitrogens is 2. The maximum atomic E-state index is 13.4. The SMILES string of the molecule is C=CC(=O)N1CCOc2c1ccc1ncnc(Nc3ccc(Oc4cccc(F)c4)cc3)c21. The molecular formula is C25H19FN4O3. The fourth-order valence-electron chi connectivity index (χ4n) is 3.67. The first kappa shape index (κ1) is 20.4. The number of amides is 1. The zero-order valence-corrected chi connectivity index (χ0v) is 17.5. The second-order valence-electron chi connectivity index (χ2n) is 7.28. The molecular weight excluding hydrogens is 423 g/mol. The highest BCUT2D eigenvalue weighted by Gasteiger charge is 2.25. The standard InChI is InChI=1S/C25H19FN4O3/c1-2-22(31)30-12-13-32-24-21(30)11-10-20-23(24)25(28-15-27-20)29-17-6-8-18(9-7-17)33-19-5-3-4-16(26)14-19/h2-11,14-15H,1,12-13H2,(H,27,28,29). The second-order valence-corrected chi connectivity index (χ2v) is 7.28. The van der Waals surface area contributed by atoms with Gasteiger partial charge < -0.3 is 19.7 Å². The molecule has 0 saturated heterocycles. The minimum atomic E-state index is -0.361. The molecule has 0 fully saturated rings. The summed E-state index contributed by atoms with van der Waals surface area (Å²) in [4.78, 5) is 22.7. The Balaban J connectivity index is 1.45. The summed E-state index contributed by atoms with van der Waals surface area (Å²) in [6.07, 6.45) is 2.75. The van der Waals surface area contributed by atoms with Crippen molar-refractivity contribution in [3.8, 4) is 17.2 Å². The summed E-state index contributed by atoms with van der Waals surface area (Å²) in [5.41, 5.74) is 2.09. The third-order valence-electron chi connectivity index (χ3n) is 5.18. The van der Waals surface area contributed by atoms with Crippen LogP contribution in [0.3, 0.4) is 0 Å². The number of nitrogens with zero attached hydrogens (tertiary/aromatic N) is 3. The van der Waals surface area contributed by atoms with Crippen LogP contribution in [0.4, 0.5) is 21.6 Å². The van der Waals surface area contributed by atoms with Gasteiger partial charge >= 0.3 is 0 Å². The van der Waals surface area contributed by atoms with Gasteiger partial charge in [-0.15, -0.1) is 0 Å². The molecule has 5 rings (SSSR count). The van der Waals surface area contributed by atoms with E-state index in [2.05, 4.69) is 21.9 Å². The molecule has 164 valence electrons. The van der Waals surface area contributed by atoms with E-state index in [4.69, 9.17) is 9.47 Å². The molecule has 8 heteroatoms. The van der Waals surface area contributed by atoms with Crippen molar-refractivity contribution in [2.45, 2.75) is 0 Å². The van der Waals surface area contributed by atoms with Crippen LogP contribution < -0.4 is 19.7 Å². The monoisotopic (exact) mass is 442 g/mol. The highest BCUT2D eigenvalue weighted by atomic mass is 19.1. The molecule has 33 heavy (non-hydrogen) atoms. The maximum absolute atomic E-state index is 13.4. The van der Waals surface area contributed by atoms with E-state index in [1.54, 1.807) is 29.2 Å². The largest absolute Gasteiger partial charge is 0.489 e. The molecule has 1 aliphatic rings. The van der Waals surface area contributed by atoms with Crippen molar-refractivity contribution in [1.29, 1.82) is 0 Å². The van der Waals surface area contributed by atoms with Gasteiger partial charge in [-0.3, -0.25) is 4.79 Å². The molecule has 7 nitrogen and oxygen atoms in total. The minimum Gasteiger partial charge on any atom is -0.489 e. The van der Waals surface area contributed by atoms with Gasteiger partial charge in [-0.2, -0.15) is 0 Å². The van der Waals surface area contributed by atoms with E-state index in [9.17, 15) is 9.18 Å². The molecule has 1 aliphatic heterocycles. The van der Waals surface area contributed by atoms with Gasteiger partial charge in [0.15, 0.2) is 5.75 Å². The van der Waals surface area contributed by atoms with E-state index in [0.29, 0.717) is 52.8 Å². The zero-order chi connectivity index (χ0) is 22.8. The van der Waals surface area contributed by atoms with Crippen LogP contribution in [0.5, 0.6) is 17.2 Å². The number of carbonyl (C=O) groups excluding carboxylic acids is 1. The number of carbonyl (C=O) groups is 1. The molecule has 3 aromatic carbocycles. The topological polar surface area (TPSA) is 76.6 Å². The summed E-state index contributed by atoms with van der Waals surface area (Å²) in [5.74, 6) is 1.52. The molecule has 1 N–H and O–H groups in total. The second kappa shape index (κ2) is 8.58. The smallest absolute Gasteiger partial charge is 0.250 e. The number of rotatable bonds is 5. The summed E-state index contributed by atoms with van der Waals surface area (Å²) in [5, 5.41) is 3.96. The van der Waals surface area contributed by atoms with Gasteiger partial charge in [-0.25, -0.2) is 14.4 Å². The van der Waals surface area contributed by atoms with Crippen molar-refractivity contribution < 1.29 is 18.7 Å². The highest BCUT2D eigenvalue weighted by molar-refractivity contribution is 6.07. The quantitative estimate of drug-likeness (QED) is 0.427. The Kier molecular flexibility index (Phi) is 5.32. The molecule has 1 amide bonds. The van der Waals surface area contributed by atoms with E-state index in [0.717, 1.165) is 5.69 Å². The van der Waals surface area contributed by atoms with Crippen LogP contribution in [0.25, 0.3) is 10.9 Å². The van der Waals surface area contributed by atoms with E-state index >= 15 is 0 Å². The van der Waals surface area contributed by atoms with Crippen LogP contribution in [-0.4, -0.2) is 29.0 Å². The summed E-state index contributed by atoms with van der Waals surface area (Å²) in [7, 11) is 0. The summed E-state index contributed by atoms with van der Waals surface area (Å²) >= 11 is 0. The van der Waals surface area contributed by atoms with Gasteiger partial charge in [0.25, 0.3) is 5.91 Å². The van der Waals surface area contributed by atoms with Crippen LogP contribution in [0.1, 0.15) is 0 Å². The van der Waals surface area contributed by atoms with E-state index in [-0.39, 0.29) is 11.7 Å². The maximum Gasteiger partial charge on any atom is 0.250 e. The number of benzene rings is 3. The molecule has 0 saturated carbocycles. The molecule has 2 heterocycles. The average molecular weight is 442 g/mol. The number of hydrogen-bond acceptors (Lipinski definition) is 6. The fraction of sp³-hybridized carbons (Fsp3) is 0.0800. The zero-order valence-electron chi connectivity index (χ0n) is 17.5. The van der Waals surface area contributed by atoms with Crippen molar-refractivity contribution >= 4 is 34.0 Å². The Hall–Kier alpha value is -4.46. The lowest BCUT2D eigenvalue weighted by Gasteiger charge is -2.29. The lowest BCUT2D eigenvalue weighted by atomic mass is 10.1. The van der Waals surface area contributed by atoms with Crippen LogP contribution >= 0.6 is 0 Å². The Bertz CT molecular complexity index is 1360. The van der Waals surface area contributed by atoms with Crippen molar-refractivity contribution in [2.75, 3.05) is 23.4 Å². The molecule has 0 radical (unpaired) electrons. The molecule has 0 atom stereocenters. The molecule has 0 unspecified atom stereocenters. The average Bonchev–Trinajstić information content (AvgIpc) is 2.84. The van der Waals surface area contributed by atoms with Gasteiger partial charge in [0.1, 0.15) is 36.1 Å². The fourth-order valence-corrected chi connectivity index (χ4v) is 3.67. The Morgan fingerprint density at radius 3 is 2.76 bits per heavy atom. The van der Waals surface area contributed by atoms with Crippen LogP contribution in [0.2, 0.25) is 0 Å². The lowest BCUT2D eigenvalue weighted by molar-refractivity contribution is -0.114. The van der Waals surface area contributed by atoms with Crippen LogP contribution in [0, 0.1) is 5.82 Å². The van der Waals surface area contributed by atoms with Gasteiger partial charge in [0, 0.05) is 11.8 Å². The number of fused-ring (bicyclic) bond motifs is 3. The third kappa shape index (κ3) is 4.06. The number of anilines is 3. The van der Waals surface area contributed by atoms with E-state index in [1.165, 1.54) is 24.5 Å². The van der Waals surface area contributed by atoms with Gasteiger partial charge in [0.05, 0.1) is 23.1 Å². The van der Waals surface area contributed by atoms with E-state index < -0.39 is 0 Å². The van der Waals surface area contributed by atoms with Crippen molar-refractivity contribution in [3.63, 3.8) is 0 Å². The van der Waals surface area contributed by atoms with Crippen LogP contribution in [0.15, 0.2) is 79.6 Å². The number of ether oxygens (including phenoxy) is 2. The lowest BCUT2D eigenvalue weighted by Crippen LogP contribution is -2.36. The van der Waals surface area contributed by atoms with Crippen molar-refractivity contribution in [3.05, 3.63) is 85.5 Å². The first-order valence-electron chi connectivity index (χ1n) is 10.3. The van der Waals surface area contributed by atoms with Crippen molar-refractivity contribution in [1.82, 2.24) is 9.97 Å². The summed E-state index contributed by atoms with van der Waals surface area (Å²) in [6.45, 7) is 4.37. The molecule has 1 aromatic heterocycles. The molecule has 0 spiro atoms. The van der Waals surface area contributed by atoms with Crippen molar-refractivity contribution in [2.24, 2.45) is 0 Å². The number of halogens is 1. The van der Waals surface area contributed by atoms with Gasteiger partial charge in [0.2, 0.25) is 0 Å². The summed E-state index contributed by atoms with van der Waals surface area (Å²) < 4.78 is 25.0.